The molecule has 2 unspecified atom stereocenters. The number of nitrogens with one attached hydrogen (secondary N) is 3. The lowest BCUT2D eigenvalue weighted by atomic mass is 9.98. The number of aromatic amines is 1. The standard InChI is InChI=1S/C24H22N4O6/c29-22(25-20-12-33-10-18(20)23(30)31)19-9-21(28-27-19)26-24(32)34-11-17-15-7-3-1-5-13(15)14-6-2-4-8-16(14)17/h1-9,17-18,20H,10-12H2,(H,25,29)(H,30,31)(H2,26,27,28,32). The summed E-state index contributed by atoms with van der Waals surface area (Å²) in [6.45, 7) is 0.301. The minimum atomic E-state index is -1.04. The molecule has 2 atom stereocenters. The van der Waals surface area contributed by atoms with E-state index in [1.807, 2.05) is 36.4 Å². The van der Waals surface area contributed by atoms with E-state index in [4.69, 9.17) is 9.47 Å². The van der Waals surface area contributed by atoms with Crippen molar-refractivity contribution >= 4 is 23.8 Å². The molecule has 2 amide bonds. The number of carboxylic acid groups (broad SMARTS) is 1. The van der Waals surface area contributed by atoms with Crippen LogP contribution in [0.15, 0.2) is 54.6 Å². The number of carbonyl (C=O) groups excluding carboxylic acids is 2. The largest absolute Gasteiger partial charge is 0.481 e. The molecule has 1 aliphatic carbocycles. The molecule has 4 N–H and O–H groups in total. The quantitative estimate of drug-likeness (QED) is 0.441. The number of rotatable bonds is 6. The Morgan fingerprint density at radius 2 is 1.74 bits per heavy atom. The number of amides is 2. The van der Waals surface area contributed by atoms with Crippen LogP contribution in [0.1, 0.15) is 27.5 Å². The fourth-order valence-electron chi connectivity index (χ4n) is 4.43. The molecule has 1 fully saturated rings. The molecule has 10 nitrogen and oxygen atoms in total. The van der Waals surface area contributed by atoms with Gasteiger partial charge in [-0.3, -0.25) is 20.0 Å². The molecule has 1 saturated heterocycles. The highest BCUT2D eigenvalue weighted by atomic mass is 16.5. The maximum atomic E-state index is 12.4. The van der Waals surface area contributed by atoms with E-state index in [1.54, 1.807) is 0 Å². The molecule has 2 aliphatic rings. The number of benzene rings is 2. The van der Waals surface area contributed by atoms with E-state index in [0.717, 1.165) is 22.3 Å². The third-order valence-corrected chi connectivity index (χ3v) is 6.11. The molecule has 2 heterocycles. The number of carbonyl (C=O) groups is 3. The van der Waals surface area contributed by atoms with Gasteiger partial charge in [0.2, 0.25) is 0 Å². The van der Waals surface area contributed by atoms with Crippen LogP contribution in [0.2, 0.25) is 0 Å². The summed E-state index contributed by atoms with van der Waals surface area (Å²) >= 11 is 0. The monoisotopic (exact) mass is 462 g/mol. The molecular weight excluding hydrogens is 440 g/mol. The SMILES string of the molecule is O=C(Nc1cc(C(=O)NC2COCC2C(=O)O)[nH]n1)OCC1c2ccccc2-c2ccccc21. The van der Waals surface area contributed by atoms with Crippen LogP contribution in [0.25, 0.3) is 11.1 Å². The summed E-state index contributed by atoms with van der Waals surface area (Å²) < 4.78 is 10.6. The van der Waals surface area contributed by atoms with Crippen molar-refractivity contribution < 1.29 is 29.0 Å². The molecule has 1 aliphatic heterocycles. The van der Waals surface area contributed by atoms with Crippen LogP contribution in [0.3, 0.4) is 0 Å². The second kappa shape index (κ2) is 8.99. The average Bonchev–Trinajstić information content (AvgIpc) is 3.56. The lowest BCUT2D eigenvalue weighted by molar-refractivity contribution is -0.142. The number of aromatic nitrogens is 2. The van der Waals surface area contributed by atoms with Crippen LogP contribution in [0.4, 0.5) is 10.6 Å². The molecule has 1 aromatic heterocycles. The van der Waals surface area contributed by atoms with Gasteiger partial charge in [0.1, 0.15) is 18.2 Å². The molecule has 174 valence electrons. The minimum absolute atomic E-state index is 0.0395. The number of H-pyrrole nitrogens is 1. The number of ether oxygens (including phenoxy) is 2. The zero-order valence-electron chi connectivity index (χ0n) is 18.0. The van der Waals surface area contributed by atoms with Crippen molar-refractivity contribution in [3.63, 3.8) is 0 Å². The van der Waals surface area contributed by atoms with E-state index in [-0.39, 0.29) is 37.3 Å². The van der Waals surface area contributed by atoms with Crippen molar-refractivity contribution in [2.45, 2.75) is 12.0 Å². The Hall–Kier alpha value is -4.18. The molecule has 0 saturated carbocycles. The third kappa shape index (κ3) is 4.11. The van der Waals surface area contributed by atoms with E-state index >= 15 is 0 Å². The molecule has 0 radical (unpaired) electrons. The van der Waals surface area contributed by atoms with E-state index in [9.17, 15) is 19.5 Å². The van der Waals surface area contributed by atoms with Crippen molar-refractivity contribution in [2.24, 2.45) is 5.92 Å². The first kappa shape index (κ1) is 21.7. The van der Waals surface area contributed by atoms with Gasteiger partial charge in [-0.25, -0.2) is 4.79 Å². The van der Waals surface area contributed by atoms with E-state index in [0.29, 0.717) is 0 Å². The summed E-state index contributed by atoms with van der Waals surface area (Å²) in [6.07, 6.45) is -0.699. The number of hydrogen-bond acceptors (Lipinski definition) is 6. The lowest BCUT2D eigenvalue weighted by Crippen LogP contribution is -2.42. The smallest absolute Gasteiger partial charge is 0.412 e. The van der Waals surface area contributed by atoms with Crippen molar-refractivity contribution in [2.75, 3.05) is 25.1 Å². The summed E-state index contributed by atoms with van der Waals surface area (Å²) in [5.74, 6) is -2.36. The highest BCUT2D eigenvalue weighted by Crippen LogP contribution is 2.44. The Labute approximate surface area is 194 Å². The Kier molecular flexibility index (Phi) is 5.72. The van der Waals surface area contributed by atoms with Gasteiger partial charge in [-0.1, -0.05) is 48.5 Å². The zero-order chi connectivity index (χ0) is 23.7. The van der Waals surface area contributed by atoms with Crippen LogP contribution in [0.5, 0.6) is 0 Å². The van der Waals surface area contributed by atoms with Crippen molar-refractivity contribution in [3.8, 4) is 11.1 Å². The highest BCUT2D eigenvalue weighted by Gasteiger charge is 2.35. The van der Waals surface area contributed by atoms with Gasteiger partial charge < -0.3 is 19.9 Å². The summed E-state index contributed by atoms with van der Waals surface area (Å²) in [5.41, 5.74) is 4.54. The van der Waals surface area contributed by atoms with Crippen molar-refractivity contribution in [1.29, 1.82) is 0 Å². The maximum absolute atomic E-state index is 12.4. The zero-order valence-corrected chi connectivity index (χ0v) is 18.0. The second-order valence-corrected chi connectivity index (χ2v) is 8.18. The number of hydrogen-bond donors (Lipinski definition) is 4. The Morgan fingerprint density at radius 3 is 2.41 bits per heavy atom. The number of fused-ring (bicyclic) bond motifs is 3. The first-order valence-corrected chi connectivity index (χ1v) is 10.8. The van der Waals surface area contributed by atoms with E-state index < -0.39 is 29.9 Å². The van der Waals surface area contributed by atoms with Crippen molar-refractivity contribution in [3.05, 3.63) is 71.4 Å². The predicted octanol–water partition coefficient (Wildman–Crippen LogP) is 2.60. The van der Waals surface area contributed by atoms with Gasteiger partial charge in [-0.2, -0.15) is 5.10 Å². The number of carboxylic acids is 1. The fraction of sp³-hybridized carbons (Fsp3) is 0.250. The highest BCUT2D eigenvalue weighted by molar-refractivity contribution is 5.94. The molecule has 3 aromatic rings. The van der Waals surface area contributed by atoms with Gasteiger partial charge >= 0.3 is 12.1 Å². The first-order valence-electron chi connectivity index (χ1n) is 10.8. The number of nitrogens with zero attached hydrogens (tertiary/aromatic N) is 1. The van der Waals surface area contributed by atoms with Crippen LogP contribution in [0, 0.1) is 5.92 Å². The summed E-state index contributed by atoms with van der Waals surface area (Å²) in [4.78, 5) is 36.1. The molecule has 34 heavy (non-hydrogen) atoms. The van der Waals surface area contributed by atoms with E-state index in [1.165, 1.54) is 6.07 Å². The fourth-order valence-corrected chi connectivity index (χ4v) is 4.43. The maximum Gasteiger partial charge on any atom is 0.412 e. The Bertz CT molecular complexity index is 1210. The van der Waals surface area contributed by atoms with Gasteiger partial charge in [-0.05, 0) is 22.3 Å². The molecule has 0 bridgehead atoms. The Balaban J connectivity index is 1.19. The van der Waals surface area contributed by atoms with Gasteiger partial charge in [0, 0.05) is 12.0 Å². The molecular formula is C24H22N4O6. The van der Waals surface area contributed by atoms with Crippen LogP contribution < -0.4 is 10.6 Å². The molecule has 5 rings (SSSR count). The lowest BCUT2D eigenvalue weighted by Gasteiger charge is -2.14. The predicted molar refractivity (Wildman–Crippen MR) is 120 cm³/mol. The molecule has 2 aromatic carbocycles. The van der Waals surface area contributed by atoms with Gasteiger partial charge in [-0.15, -0.1) is 0 Å². The molecule has 0 spiro atoms. The summed E-state index contributed by atoms with van der Waals surface area (Å²) in [6, 6.07) is 16.8. The topological polar surface area (TPSA) is 143 Å². The van der Waals surface area contributed by atoms with E-state index in [2.05, 4.69) is 33.0 Å². The van der Waals surface area contributed by atoms with Crippen LogP contribution in [-0.4, -0.2) is 59.1 Å². The summed E-state index contributed by atoms with van der Waals surface area (Å²) in [7, 11) is 0. The minimum Gasteiger partial charge on any atom is -0.481 e. The van der Waals surface area contributed by atoms with Crippen LogP contribution in [-0.2, 0) is 14.3 Å². The summed E-state index contributed by atoms with van der Waals surface area (Å²) in [5, 5.41) is 20.8. The van der Waals surface area contributed by atoms with Gasteiger partial charge in [0.15, 0.2) is 5.82 Å². The average molecular weight is 462 g/mol. The van der Waals surface area contributed by atoms with Crippen LogP contribution >= 0.6 is 0 Å². The van der Waals surface area contributed by atoms with Gasteiger partial charge in [0.05, 0.1) is 19.3 Å². The first-order chi connectivity index (χ1) is 16.5. The molecule has 10 heteroatoms. The second-order valence-electron chi connectivity index (χ2n) is 8.18. The normalized spacial score (nSPS) is 18.7. The van der Waals surface area contributed by atoms with Crippen molar-refractivity contribution in [1.82, 2.24) is 15.5 Å². The number of aliphatic carboxylic acids is 1. The Morgan fingerprint density at radius 1 is 1.06 bits per heavy atom. The third-order valence-electron chi connectivity index (χ3n) is 6.11. The number of anilines is 1. The van der Waals surface area contributed by atoms with Gasteiger partial charge in [0.25, 0.3) is 5.91 Å².